The summed E-state index contributed by atoms with van der Waals surface area (Å²) in [5.41, 5.74) is 3.85. The summed E-state index contributed by atoms with van der Waals surface area (Å²) in [5, 5.41) is 13.5. The number of phenols is 1. The van der Waals surface area contributed by atoms with E-state index in [4.69, 9.17) is 4.74 Å². The van der Waals surface area contributed by atoms with E-state index in [-0.39, 0.29) is 18.3 Å². The Kier molecular flexibility index (Phi) is 5.76. The molecule has 5 nitrogen and oxygen atoms in total. The van der Waals surface area contributed by atoms with Gasteiger partial charge in [-0.05, 0) is 59.3 Å². The number of ether oxygens (including phenoxy) is 1. The topological polar surface area (TPSA) is 70.9 Å². The van der Waals surface area contributed by atoms with Gasteiger partial charge in [-0.25, -0.2) is 5.43 Å². The summed E-state index contributed by atoms with van der Waals surface area (Å²) >= 11 is 2.13. The number of hydrazone groups is 1. The Balaban J connectivity index is 1.86. The third-order valence-corrected chi connectivity index (χ3v) is 3.51. The molecule has 0 unspecified atom stereocenters. The van der Waals surface area contributed by atoms with Gasteiger partial charge >= 0.3 is 0 Å². The molecule has 2 aromatic rings. The predicted molar refractivity (Wildman–Crippen MR) is 93.2 cm³/mol. The molecule has 114 valence electrons. The van der Waals surface area contributed by atoms with Crippen LogP contribution in [0.5, 0.6) is 11.5 Å². The van der Waals surface area contributed by atoms with Crippen molar-refractivity contribution in [2.45, 2.75) is 6.92 Å². The Morgan fingerprint density at radius 3 is 2.91 bits per heavy atom. The number of nitrogens with zero attached hydrogens (tertiary/aromatic N) is 1. The highest BCUT2D eigenvalue weighted by Crippen LogP contribution is 2.17. The fraction of sp³-hybridized carbons (Fsp3) is 0.125. The number of carbonyl (C=O) groups excluding carboxylic acids is 1. The zero-order chi connectivity index (χ0) is 15.9. The minimum absolute atomic E-state index is 0.106. The Bertz CT molecular complexity index is 702. The van der Waals surface area contributed by atoms with E-state index in [1.165, 1.54) is 6.21 Å². The van der Waals surface area contributed by atoms with Crippen molar-refractivity contribution in [3.05, 3.63) is 57.2 Å². The van der Waals surface area contributed by atoms with Gasteiger partial charge in [0.1, 0.15) is 11.5 Å². The molecule has 0 aliphatic heterocycles. The summed E-state index contributed by atoms with van der Waals surface area (Å²) in [5.74, 6) is 0.399. The Labute approximate surface area is 142 Å². The van der Waals surface area contributed by atoms with Crippen LogP contribution >= 0.6 is 22.6 Å². The number of phenolic OH excluding ortho intramolecular Hbond substituents is 1. The number of benzene rings is 2. The molecule has 0 saturated carbocycles. The first-order valence-electron chi connectivity index (χ1n) is 6.55. The molecule has 0 bridgehead atoms. The largest absolute Gasteiger partial charge is 0.507 e. The lowest BCUT2D eigenvalue weighted by Gasteiger charge is -2.07. The second kappa shape index (κ2) is 7.79. The molecule has 0 radical (unpaired) electrons. The van der Waals surface area contributed by atoms with E-state index in [9.17, 15) is 9.90 Å². The van der Waals surface area contributed by atoms with E-state index < -0.39 is 0 Å². The van der Waals surface area contributed by atoms with Crippen molar-refractivity contribution in [2.24, 2.45) is 5.10 Å². The first kappa shape index (κ1) is 16.3. The number of halogens is 1. The van der Waals surface area contributed by atoms with Crippen LogP contribution in [0.2, 0.25) is 0 Å². The zero-order valence-electron chi connectivity index (χ0n) is 11.9. The number of aryl methyl sites for hydroxylation is 1. The SMILES string of the molecule is Cc1ccccc1OCC(=O)NN=Cc1cc(I)ccc1O. The summed E-state index contributed by atoms with van der Waals surface area (Å²) in [6.07, 6.45) is 1.39. The number of rotatable bonds is 5. The van der Waals surface area contributed by atoms with Crippen LogP contribution in [0, 0.1) is 10.5 Å². The van der Waals surface area contributed by atoms with Gasteiger partial charge in [0, 0.05) is 9.13 Å². The van der Waals surface area contributed by atoms with Gasteiger partial charge in [0.15, 0.2) is 6.61 Å². The molecular formula is C16H15IN2O3. The minimum atomic E-state index is -0.371. The van der Waals surface area contributed by atoms with Crippen molar-refractivity contribution in [2.75, 3.05) is 6.61 Å². The van der Waals surface area contributed by atoms with Crippen LogP contribution in [0.1, 0.15) is 11.1 Å². The Morgan fingerprint density at radius 2 is 2.14 bits per heavy atom. The number of hydrogen-bond acceptors (Lipinski definition) is 4. The number of aromatic hydroxyl groups is 1. The molecule has 0 aliphatic carbocycles. The number of para-hydroxylation sites is 1. The van der Waals surface area contributed by atoms with Crippen LogP contribution in [-0.2, 0) is 4.79 Å². The monoisotopic (exact) mass is 410 g/mol. The maximum absolute atomic E-state index is 11.7. The highest BCUT2D eigenvalue weighted by Gasteiger charge is 2.03. The quantitative estimate of drug-likeness (QED) is 0.453. The van der Waals surface area contributed by atoms with E-state index in [0.717, 1.165) is 9.13 Å². The molecule has 0 heterocycles. The maximum atomic E-state index is 11.7. The van der Waals surface area contributed by atoms with E-state index in [1.807, 2.05) is 25.1 Å². The smallest absolute Gasteiger partial charge is 0.277 e. The third-order valence-electron chi connectivity index (χ3n) is 2.83. The van der Waals surface area contributed by atoms with Gasteiger partial charge in [0.05, 0.1) is 6.21 Å². The van der Waals surface area contributed by atoms with Crippen molar-refractivity contribution in [3.63, 3.8) is 0 Å². The molecule has 0 atom stereocenters. The average Bonchev–Trinajstić information content (AvgIpc) is 2.50. The highest BCUT2D eigenvalue weighted by molar-refractivity contribution is 14.1. The molecule has 0 fully saturated rings. The summed E-state index contributed by atoms with van der Waals surface area (Å²) in [4.78, 5) is 11.7. The zero-order valence-corrected chi connectivity index (χ0v) is 14.1. The molecule has 6 heteroatoms. The molecule has 0 aliphatic rings. The summed E-state index contributed by atoms with van der Waals surface area (Å²) in [6, 6.07) is 12.6. The van der Waals surface area contributed by atoms with Crippen molar-refractivity contribution in [1.82, 2.24) is 5.43 Å². The fourth-order valence-corrected chi connectivity index (χ4v) is 2.21. The van der Waals surface area contributed by atoms with Gasteiger partial charge in [-0.3, -0.25) is 4.79 Å². The van der Waals surface area contributed by atoms with Crippen LogP contribution in [0.4, 0.5) is 0 Å². The van der Waals surface area contributed by atoms with Gasteiger partial charge in [-0.2, -0.15) is 5.10 Å². The Morgan fingerprint density at radius 1 is 1.36 bits per heavy atom. The second-order valence-corrected chi connectivity index (χ2v) is 5.80. The van der Waals surface area contributed by atoms with Crippen LogP contribution < -0.4 is 10.2 Å². The maximum Gasteiger partial charge on any atom is 0.277 e. The van der Waals surface area contributed by atoms with Gasteiger partial charge in [0.2, 0.25) is 0 Å². The lowest BCUT2D eigenvalue weighted by atomic mass is 10.2. The van der Waals surface area contributed by atoms with Crippen molar-refractivity contribution < 1.29 is 14.6 Å². The van der Waals surface area contributed by atoms with Gasteiger partial charge in [-0.15, -0.1) is 0 Å². The molecule has 2 rings (SSSR count). The average molecular weight is 410 g/mol. The van der Waals surface area contributed by atoms with Crippen molar-refractivity contribution in [3.8, 4) is 11.5 Å². The van der Waals surface area contributed by atoms with E-state index in [1.54, 1.807) is 24.3 Å². The standard InChI is InChI=1S/C16H15IN2O3/c1-11-4-2-3-5-15(11)22-10-16(21)19-18-9-12-8-13(17)6-7-14(12)20/h2-9,20H,10H2,1H3,(H,19,21). The van der Waals surface area contributed by atoms with Crippen molar-refractivity contribution >= 4 is 34.7 Å². The van der Waals surface area contributed by atoms with E-state index >= 15 is 0 Å². The van der Waals surface area contributed by atoms with Crippen LogP contribution in [0.25, 0.3) is 0 Å². The van der Waals surface area contributed by atoms with E-state index in [0.29, 0.717) is 11.3 Å². The number of carbonyl (C=O) groups is 1. The normalized spacial score (nSPS) is 10.6. The van der Waals surface area contributed by atoms with Crippen LogP contribution in [-0.4, -0.2) is 23.8 Å². The Hall–Kier alpha value is -2.09. The van der Waals surface area contributed by atoms with Gasteiger partial charge in [0.25, 0.3) is 5.91 Å². The van der Waals surface area contributed by atoms with E-state index in [2.05, 4.69) is 33.1 Å². The number of nitrogens with one attached hydrogen (secondary N) is 1. The molecule has 22 heavy (non-hydrogen) atoms. The molecule has 0 aromatic heterocycles. The van der Waals surface area contributed by atoms with Gasteiger partial charge < -0.3 is 9.84 Å². The predicted octanol–water partition coefficient (Wildman–Crippen LogP) is 2.83. The lowest BCUT2D eigenvalue weighted by molar-refractivity contribution is -0.123. The third kappa shape index (κ3) is 4.73. The van der Waals surface area contributed by atoms with Crippen molar-refractivity contribution in [1.29, 1.82) is 0 Å². The molecule has 1 amide bonds. The van der Waals surface area contributed by atoms with Crippen LogP contribution in [0.15, 0.2) is 47.6 Å². The van der Waals surface area contributed by atoms with Crippen LogP contribution in [0.3, 0.4) is 0 Å². The number of amides is 1. The first-order valence-corrected chi connectivity index (χ1v) is 7.63. The summed E-state index contributed by atoms with van der Waals surface area (Å²) in [7, 11) is 0. The molecule has 0 spiro atoms. The minimum Gasteiger partial charge on any atom is -0.507 e. The molecule has 2 aromatic carbocycles. The second-order valence-electron chi connectivity index (χ2n) is 4.55. The number of hydrogen-bond donors (Lipinski definition) is 2. The molecule has 2 N–H and O–H groups in total. The summed E-state index contributed by atoms with van der Waals surface area (Å²) < 4.78 is 6.37. The molecule has 0 saturated heterocycles. The fourth-order valence-electron chi connectivity index (χ4n) is 1.70. The molecular weight excluding hydrogens is 395 g/mol. The summed E-state index contributed by atoms with van der Waals surface area (Å²) in [6.45, 7) is 1.78. The first-order chi connectivity index (χ1) is 10.6. The van der Waals surface area contributed by atoms with Gasteiger partial charge in [-0.1, -0.05) is 18.2 Å². The highest BCUT2D eigenvalue weighted by atomic mass is 127. The lowest BCUT2D eigenvalue weighted by Crippen LogP contribution is -2.24.